The van der Waals surface area contributed by atoms with Crippen LogP contribution >= 0.6 is 0 Å². The van der Waals surface area contributed by atoms with Crippen LogP contribution in [-0.4, -0.2) is 16.9 Å². The fourth-order valence-corrected chi connectivity index (χ4v) is 1.72. The predicted octanol–water partition coefficient (Wildman–Crippen LogP) is 2.13. The third-order valence-electron chi connectivity index (χ3n) is 2.66. The Balaban J connectivity index is 1.68. The average molecular weight is 244 g/mol. The van der Waals surface area contributed by atoms with E-state index in [0.717, 1.165) is 22.9 Å². The van der Waals surface area contributed by atoms with Gasteiger partial charge in [-0.2, -0.15) is 0 Å². The molecular formula is C13H12N2O3. The molecule has 1 aromatic heterocycles. The second-order valence-corrected chi connectivity index (χ2v) is 3.93. The smallest absolute Gasteiger partial charge is 0.231 e. The summed E-state index contributed by atoms with van der Waals surface area (Å²) in [6, 6.07) is 9.07. The maximum absolute atomic E-state index is 9.13. The molecule has 0 saturated heterocycles. The Bertz CT molecular complexity index is 555. The Morgan fingerprint density at radius 2 is 2.06 bits per heavy atom. The van der Waals surface area contributed by atoms with Gasteiger partial charge in [-0.25, -0.2) is 0 Å². The van der Waals surface area contributed by atoms with Gasteiger partial charge in [0.2, 0.25) is 6.79 Å². The van der Waals surface area contributed by atoms with Crippen molar-refractivity contribution in [3.8, 4) is 17.2 Å². The Kier molecular flexibility index (Phi) is 2.64. The van der Waals surface area contributed by atoms with Gasteiger partial charge in [0.1, 0.15) is 5.75 Å². The number of nitrogens with zero attached hydrogens (tertiary/aromatic N) is 1. The van der Waals surface area contributed by atoms with E-state index < -0.39 is 0 Å². The summed E-state index contributed by atoms with van der Waals surface area (Å²) in [5.74, 6) is 1.68. The van der Waals surface area contributed by atoms with Gasteiger partial charge in [-0.15, -0.1) is 0 Å². The molecule has 0 saturated carbocycles. The Morgan fingerprint density at radius 3 is 2.89 bits per heavy atom. The lowest BCUT2D eigenvalue weighted by Crippen LogP contribution is -2.00. The molecule has 0 bridgehead atoms. The summed E-state index contributed by atoms with van der Waals surface area (Å²) in [4.78, 5) is 4.10. The van der Waals surface area contributed by atoms with Crippen LogP contribution in [0.4, 0.5) is 5.69 Å². The summed E-state index contributed by atoms with van der Waals surface area (Å²) in [6.07, 6.45) is 1.43. The highest BCUT2D eigenvalue weighted by atomic mass is 16.7. The van der Waals surface area contributed by atoms with Crippen molar-refractivity contribution < 1.29 is 14.6 Å². The molecule has 5 heteroatoms. The van der Waals surface area contributed by atoms with Gasteiger partial charge in [-0.1, -0.05) is 0 Å². The van der Waals surface area contributed by atoms with Gasteiger partial charge in [0.25, 0.3) is 0 Å². The number of fused-ring (bicyclic) bond motifs is 1. The van der Waals surface area contributed by atoms with E-state index in [2.05, 4.69) is 10.3 Å². The van der Waals surface area contributed by atoms with Crippen LogP contribution in [0, 0.1) is 0 Å². The molecule has 2 aromatic rings. The van der Waals surface area contributed by atoms with Crippen LogP contribution in [0.25, 0.3) is 0 Å². The topological polar surface area (TPSA) is 63.6 Å². The number of rotatable bonds is 3. The summed E-state index contributed by atoms with van der Waals surface area (Å²) in [5, 5.41) is 12.4. The van der Waals surface area contributed by atoms with Crippen molar-refractivity contribution >= 4 is 5.69 Å². The first-order valence-corrected chi connectivity index (χ1v) is 5.59. The van der Waals surface area contributed by atoms with Gasteiger partial charge in [0.15, 0.2) is 11.5 Å². The number of benzene rings is 1. The SMILES string of the molecule is Oc1ccc(CNc2ccc3c(c2)OCO3)nc1. The van der Waals surface area contributed by atoms with Crippen LogP contribution in [-0.2, 0) is 6.54 Å². The molecule has 3 rings (SSSR count). The highest BCUT2D eigenvalue weighted by molar-refractivity contribution is 5.55. The number of pyridine rings is 1. The summed E-state index contributed by atoms with van der Waals surface area (Å²) in [6.45, 7) is 0.859. The third-order valence-corrected chi connectivity index (χ3v) is 2.66. The highest BCUT2D eigenvalue weighted by Crippen LogP contribution is 2.34. The molecule has 0 unspecified atom stereocenters. The van der Waals surface area contributed by atoms with Gasteiger partial charge in [0.05, 0.1) is 18.4 Å². The second kappa shape index (κ2) is 4.44. The normalized spacial score (nSPS) is 12.4. The Labute approximate surface area is 104 Å². The lowest BCUT2D eigenvalue weighted by molar-refractivity contribution is 0.174. The van der Waals surface area contributed by atoms with E-state index in [9.17, 15) is 0 Å². The predicted molar refractivity (Wildman–Crippen MR) is 65.8 cm³/mol. The number of nitrogens with one attached hydrogen (secondary N) is 1. The van der Waals surface area contributed by atoms with Crippen LogP contribution in [0.15, 0.2) is 36.5 Å². The van der Waals surface area contributed by atoms with Crippen molar-refractivity contribution in [1.29, 1.82) is 0 Å². The molecule has 0 aliphatic carbocycles. The van der Waals surface area contributed by atoms with E-state index in [1.54, 1.807) is 12.1 Å². The van der Waals surface area contributed by atoms with Crippen LogP contribution < -0.4 is 14.8 Å². The number of aromatic nitrogens is 1. The zero-order valence-electron chi connectivity index (χ0n) is 9.59. The number of hydrogen-bond donors (Lipinski definition) is 2. The molecule has 0 spiro atoms. The first-order chi connectivity index (χ1) is 8.81. The van der Waals surface area contributed by atoms with Gasteiger partial charge in [0, 0.05) is 11.8 Å². The molecule has 2 heterocycles. The van der Waals surface area contributed by atoms with Crippen molar-refractivity contribution in [3.63, 3.8) is 0 Å². The minimum atomic E-state index is 0.168. The average Bonchev–Trinajstić information content (AvgIpc) is 2.85. The summed E-state index contributed by atoms with van der Waals surface area (Å²) >= 11 is 0. The standard InChI is InChI=1S/C13H12N2O3/c16-11-3-1-10(15-7-11)6-14-9-2-4-12-13(5-9)18-8-17-12/h1-5,7,14,16H,6,8H2. The van der Waals surface area contributed by atoms with Crippen molar-refractivity contribution in [2.45, 2.75) is 6.54 Å². The lowest BCUT2D eigenvalue weighted by Gasteiger charge is -2.06. The van der Waals surface area contributed by atoms with Crippen LogP contribution in [0.2, 0.25) is 0 Å². The molecule has 0 radical (unpaired) electrons. The highest BCUT2D eigenvalue weighted by Gasteiger charge is 2.12. The molecule has 0 fully saturated rings. The number of anilines is 1. The first-order valence-electron chi connectivity index (χ1n) is 5.59. The minimum absolute atomic E-state index is 0.168. The molecule has 5 nitrogen and oxygen atoms in total. The Hall–Kier alpha value is -2.43. The first kappa shape index (κ1) is 10.7. The number of ether oxygens (including phenoxy) is 2. The summed E-state index contributed by atoms with van der Waals surface area (Å²) in [5.41, 5.74) is 1.79. The molecule has 1 aliphatic rings. The van der Waals surface area contributed by atoms with Gasteiger partial charge in [-0.3, -0.25) is 4.98 Å². The van der Waals surface area contributed by atoms with Crippen molar-refractivity contribution in [3.05, 3.63) is 42.2 Å². The van der Waals surface area contributed by atoms with Crippen molar-refractivity contribution in [2.75, 3.05) is 12.1 Å². The maximum atomic E-state index is 9.13. The molecule has 2 N–H and O–H groups in total. The number of aromatic hydroxyl groups is 1. The van der Waals surface area contributed by atoms with E-state index >= 15 is 0 Å². The van der Waals surface area contributed by atoms with Gasteiger partial charge in [-0.05, 0) is 24.3 Å². The molecule has 18 heavy (non-hydrogen) atoms. The van der Waals surface area contributed by atoms with E-state index in [0.29, 0.717) is 6.54 Å². The van der Waals surface area contributed by atoms with Crippen LogP contribution in [0.3, 0.4) is 0 Å². The fourth-order valence-electron chi connectivity index (χ4n) is 1.72. The van der Waals surface area contributed by atoms with Crippen molar-refractivity contribution in [1.82, 2.24) is 4.98 Å². The molecule has 0 atom stereocenters. The Morgan fingerprint density at radius 1 is 1.17 bits per heavy atom. The second-order valence-electron chi connectivity index (χ2n) is 3.93. The van der Waals surface area contributed by atoms with E-state index in [1.165, 1.54) is 6.20 Å². The van der Waals surface area contributed by atoms with E-state index in [-0.39, 0.29) is 12.5 Å². The molecule has 92 valence electrons. The van der Waals surface area contributed by atoms with Crippen molar-refractivity contribution in [2.24, 2.45) is 0 Å². The molecular weight excluding hydrogens is 232 g/mol. The monoisotopic (exact) mass is 244 g/mol. The third kappa shape index (κ3) is 2.15. The summed E-state index contributed by atoms with van der Waals surface area (Å²) in [7, 11) is 0. The molecule has 1 aromatic carbocycles. The minimum Gasteiger partial charge on any atom is -0.506 e. The number of hydrogen-bond acceptors (Lipinski definition) is 5. The fraction of sp³-hybridized carbons (Fsp3) is 0.154. The van der Waals surface area contributed by atoms with Crippen LogP contribution in [0.1, 0.15) is 5.69 Å². The van der Waals surface area contributed by atoms with E-state index in [1.807, 2.05) is 18.2 Å². The summed E-state index contributed by atoms with van der Waals surface area (Å²) < 4.78 is 10.5. The molecule has 0 amide bonds. The van der Waals surface area contributed by atoms with E-state index in [4.69, 9.17) is 14.6 Å². The zero-order valence-corrected chi connectivity index (χ0v) is 9.59. The van der Waals surface area contributed by atoms with Gasteiger partial charge < -0.3 is 19.9 Å². The maximum Gasteiger partial charge on any atom is 0.231 e. The van der Waals surface area contributed by atoms with Gasteiger partial charge >= 0.3 is 0 Å². The van der Waals surface area contributed by atoms with Crippen LogP contribution in [0.5, 0.6) is 17.2 Å². The molecule has 1 aliphatic heterocycles. The largest absolute Gasteiger partial charge is 0.506 e. The lowest BCUT2D eigenvalue weighted by atomic mass is 10.2. The zero-order chi connectivity index (χ0) is 12.4. The quantitative estimate of drug-likeness (QED) is 0.866.